The fourth-order valence-corrected chi connectivity index (χ4v) is 5.77. The molecule has 4 rings (SSSR count). The highest BCUT2D eigenvalue weighted by atomic mass is 32.1. The topological polar surface area (TPSA) is 113 Å². The molecule has 206 valence electrons. The summed E-state index contributed by atoms with van der Waals surface area (Å²) in [6, 6.07) is 4.80. The van der Waals surface area contributed by atoms with Crippen molar-refractivity contribution in [2.24, 2.45) is 5.92 Å². The maximum Gasteiger partial charge on any atom is 0.317 e. The number of piperazine rings is 1. The first-order valence-corrected chi connectivity index (χ1v) is 14.1. The Bertz CT molecular complexity index is 1090. The van der Waals surface area contributed by atoms with E-state index in [0.717, 1.165) is 31.2 Å². The highest BCUT2D eigenvalue weighted by Crippen LogP contribution is 2.30. The molecule has 2 fully saturated rings. The van der Waals surface area contributed by atoms with E-state index in [-0.39, 0.29) is 24.4 Å². The summed E-state index contributed by atoms with van der Waals surface area (Å²) in [4.78, 5) is 46.6. The molecule has 0 radical (unpaired) electrons. The molecule has 1 atom stereocenters. The molecule has 11 heteroatoms. The van der Waals surface area contributed by atoms with Gasteiger partial charge in [0.05, 0.1) is 14.2 Å². The molecule has 0 unspecified atom stereocenters. The average Bonchev–Trinajstić information content (AvgIpc) is 3.45. The van der Waals surface area contributed by atoms with Gasteiger partial charge in [-0.2, -0.15) is 0 Å². The Labute approximate surface area is 227 Å². The van der Waals surface area contributed by atoms with Crippen LogP contribution in [0.4, 0.5) is 9.93 Å². The number of benzene rings is 1. The van der Waals surface area contributed by atoms with Gasteiger partial charge >= 0.3 is 6.03 Å². The van der Waals surface area contributed by atoms with Crippen LogP contribution >= 0.6 is 11.3 Å². The lowest BCUT2D eigenvalue weighted by atomic mass is 9.84. The molecule has 2 aliphatic rings. The van der Waals surface area contributed by atoms with E-state index in [4.69, 9.17) is 9.47 Å². The standard InChI is InChI=1S/C27H37N5O5S/c1-36-22-9-8-20(17-23(22)37-2)10-11-29-27(35)31-13-14-32(24(33)18-31)21(16-19-6-4-3-5-7-19)25(34)30-26-28-12-15-38-26/h8-9,12,15,17,19,21H,3-7,10-11,13-14,16,18H2,1-2H3,(H,29,35)(H,28,30,34)/t21-/m0/s1. The number of carbonyl (C=O) groups excluding carboxylic acids is 3. The minimum absolute atomic E-state index is 0.0477. The Morgan fingerprint density at radius 3 is 2.61 bits per heavy atom. The minimum atomic E-state index is -0.565. The molecular weight excluding hydrogens is 506 g/mol. The monoisotopic (exact) mass is 543 g/mol. The molecule has 2 heterocycles. The number of urea groups is 1. The minimum Gasteiger partial charge on any atom is -0.493 e. The summed E-state index contributed by atoms with van der Waals surface area (Å²) in [7, 11) is 3.17. The summed E-state index contributed by atoms with van der Waals surface area (Å²) in [5.41, 5.74) is 1.00. The van der Waals surface area contributed by atoms with Gasteiger partial charge in [-0.05, 0) is 36.5 Å². The number of hydrogen-bond acceptors (Lipinski definition) is 7. The highest BCUT2D eigenvalue weighted by Gasteiger charge is 2.37. The van der Waals surface area contributed by atoms with Crippen LogP contribution in [0.5, 0.6) is 11.5 Å². The smallest absolute Gasteiger partial charge is 0.317 e. The number of hydrogen-bond donors (Lipinski definition) is 2. The molecule has 38 heavy (non-hydrogen) atoms. The van der Waals surface area contributed by atoms with Gasteiger partial charge in [-0.3, -0.25) is 9.59 Å². The Morgan fingerprint density at radius 2 is 1.92 bits per heavy atom. The van der Waals surface area contributed by atoms with Gasteiger partial charge in [0.2, 0.25) is 11.8 Å². The number of rotatable bonds is 10. The summed E-state index contributed by atoms with van der Waals surface area (Å²) < 4.78 is 10.6. The van der Waals surface area contributed by atoms with Crippen LogP contribution < -0.4 is 20.1 Å². The number of aromatic nitrogens is 1. The fourth-order valence-electron chi connectivity index (χ4n) is 5.24. The van der Waals surface area contributed by atoms with E-state index >= 15 is 0 Å². The van der Waals surface area contributed by atoms with Gasteiger partial charge in [-0.1, -0.05) is 38.2 Å². The predicted octanol–water partition coefficient (Wildman–Crippen LogP) is 3.53. The second-order valence-corrected chi connectivity index (χ2v) is 10.7. The molecule has 0 bridgehead atoms. The van der Waals surface area contributed by atoms with Crippen LogP contribution in [0.3, 0.4) is 0 Å². The van der Waals surface area contributed by atoms with Gasteiger partial charge in [0.15, 0.2) is 16.6 Å². The maximum atomic E-state index is 13.3. The highest BCUT2D eigenvalue weighted by molar-refractivity contribution is 7.13. The molecule has 1 aliphatic carbocycles. The number of thiazole rings is 1. The molecular formula is C27H37N5O5S. The Morgan fingerprint density at radius 1 is 1.13 bits per heavy atom. The number of carbonyl (C=O) groups is 3. The van der Waals surface area contributed by atoms with Gasteiger partial charge in [0.25, 0.3) is 0 Å². The summed E-state index contributed by atoms with van der Waals surface area (Å²) in [5.74, 6) is 1.30. The summed E-state index contributed by atoms with van der Waals surface area (Å²) in [6.45, 7) is 1.07. The molecule has 0 spiro atoms. The SMILES string of the molecule is COc1ccc(CCNC(=O)N2CCN([C@@H](CC3CCCCC3)C(=O)Nc3nccs3)C(=O)C2)cc1OC. The van der Waals surface area contributed by atoms with Crippen molar-refractivity contribution in [3.05, 3.63) is 35.3 Å². The molecule has 10 nitrogen and oxygen atoms in total. The summed E-state index contributed by atoms with van der Waals surface area (Å²) in [5, 5.41) is 8.13. The second kappa shape index (κ2) is 13.5. The molecule has 2 N–H and O–H groups in total. The third-order valence-electron chi connectivity index (χ3n) is 7.31. The van der Waals surface area contributed by atoms with Crippen molar-refractivity contribution >= 4 is 34.3 Å². The van der Waals surface area contributed by atoms with Crippen molar-refractivity contribution in [1.29, 1.82) is 0 Å². The van der Waals surface area contributed by atoms with E-state index in [1.807, 2.05) is 18.2 Å². The van der Waals surface area contributed by atoms with Crippen LogP contribution in [-0.2, 0) is 16.0 Å². The largest absolute Gasteiger partial charge is 0.493 e. The Hall–Kier alpha value is -3.34. The van der Waals surface area contributed by atoms with Gasteiger partial charge in [0, 0.05) is 31.2 Å². The van der Waals surface area contributed by atoms with Gasteiger partial charge in [-0.15, -0.1) is 11.3 Å². The lowest BCUT2D eigenvalue weighted by molar-refractivity contribution is -0.142. The number of nitrogens with one attached hydrogen (secondary N) is 2. The van der Waals surface area contributed by atoms with Crippen LogP contribution in [0.15, 0.2) is 29.8 Å². The second-order valence-electron chi connectivity index (χ2n) is 9.76. The van der Waals surface area contributed by atoms with E-state index < -0.39 is 6.04 Å². The molecule has 1 aromatic carbocycles. The third kappa shape index (κ3) is 7.15. The van der Waals surface area contributed by atoms with E-state index in [9.17, 15) is 14.4 Å². The molecule has 2 aromatic rings. The molecule has 4 amide bonds. The van der Waals surface area contributed by atoms with Crippen LogP contribution in [0, 0.1) is 5.92 Å². The van der Waals surface area contributed by atoms with Crippen LogP contribution in [0.25, 0.3) is 0 Å². The van der Waals surface area contributed by atoms with Crippen LogP contribution in [0.1, 0.15) is 44.1 Å². The zero-order valence-electron chi connectivity index (χ0n) is 22.1. The van der Waals surface area contributed by atoms with Crippen molar-refractivity contribution in [3.8, 4) is 11.5 Å². The van der Waals surface area contributed by atoms with Gasteiger partial charge < -0.3 is 29.9 Å². The first-order valence-electron chi connectivity index (χ1n) is 13.2. The zero-order chi connectivity index (χ0) is 26.9. The van der Waals surface area contributed by atoms with E-state index in [1.54, 1.807) is 30.7 Å². The zero-order valence-corrected chi connectivity index (χ0v) is 22.9. The lowest BCUT2D eigenvalue weighted by Gasteiger charge is -2.39. The van der Waals surface area contributed by atoms with E-state index in [2.05, 4.69) is 15.6 Å². The van der Waals surface area contributed by atoms with Crippen molar-refractivity contribution in [3.63, 3.8) is 0 Å². The number of methoxy groups -OCH3 is 2. The fraction of sp³-hybridized carbons (Fsp3) is 0.556. The quantitative estimate of drug-likeness (QED) is 0.474. The summed E-state index contributed by atoms with van der Waals surface area (Å²) in [6.07, 6.45) is 8.61. The average molecular weight is 544 g/mol. The summed E-state index contributed by atoms with van der Waals surface area (Å²) >= 11 is 1.36. The Balaban J connectivity index is 1.32. The number of ether oxygens (including phenoxy) is 2. The predicted molar refractivity (Wildman–Crippen MR) is 146 cm³/mol. The van der Waals surface area contributed by atoms with Crippen molar-refractivity contribution in [2.45, 2.75) is 51.0 Å². The van der Waals surface area contributed by atoms with Crippen LogP contribution in [0.2, 0.25) is 0 Å². The Kier molecular flexibility index (Phi) is 9.80. The van der Waals surface area contributed by atoms with Crippen molar-refractivity contribution in [2.75, 3.05) is 45.7 Å². The van der Waals surface area contributed by atoms with Crippen molar-refractivity contribution < 1.29 is 23.9 Å². The van der Waals surface area contributed by atoms with Crippen molar-refractivity contribution in [1.82, 2.24) is 20.1 Å². The molecule has 1 aliphatic heterocycles. The maximum absolute atomic E-state index is 13.3. The van der Waals surface area contributed by atoms with Gasteiger partial charge in [0.1, 0.15) is 12.6 Å². The third-order valence-corrected chi connectivity index (χ3v) is 7.99. The lowest BCUT2D eigenvalue weighted by Crippen LogP contribution is -2.59. The number of amides is 4. The molecule has 1 aromatic heterocycles. The molecule has 1 saturated heterocycles. The van der Waals surface area contributed by atoms with E-state index in [0.29, 0.717) is 55.0 Å². The normalized spacial score (nSPS) is 17.2. The first-order chi connectivity index (χ1) is 18.5. The first kappa shape index (κ1) is 27.7. The van der Waals surface area contributed by atoms with E-state index in [1.165, 1.54) is 22.7 Å². The number of nitrogens with zero attached hydrogens (tertiary/aromatic N) is 3. The molecule has 1 saturated carbocycles. The van der Waals surface area contributed by atoms with Crippen LogP contribution in [-0.4, -0.2) is 79.1 Å². The number of anilines is 1. The van der Waals surface area contributed by atoms with Gasteiger partial charge in [-0.25, -0.2) is 9.78 Å².